The number of nitrogen functional groups attached to an aromatic ring is 1. The number of Topliss-reactive ketones (excluding diaryl/α,β-unsaturated/α-hetero) is 2. The Labute approximate surface area is 178 Å². The van der Waals surface area contributed by atoms with Crippen LogP contribution in [0.1, 0.15) is 23.2 Å². The van der Waals surface area contributed by atoms with Crippen LogP contribution in [-0.4, -0.2) is 41.4 Å². The number of anilines is 3. The highest BCUT2D eigenvalue weighted by atomic mass is 16.5. The van der Waals surface area contributed by atoms with Gasteiger partial charge < -0.3 is 33.0 Å². The number of carbonyl (C=O) groups is 3. The molecule has 0 saturated heterocycles. The first-order chi connectivity index (χ1) is 14.8. The fourth-order valence-corrected chi connectivity index (χ4v) is 2.71. The molecule has 2 aromatic carbocycles. The number of ketones is 2. The number of carbonyl (C=O) groups excluding carboxylic acids is 3. The van der Waals surface area contributed by atoms with Gasteiger partial charge in [-0.05, 0) is 43.2 Å². The average molecular weight is 427 g/mol. The summed E-state index contributed by atoms with van der Waals surface area (Å²) >= 11 is 0. The van der Waals surface area contributed by atoms with Crippen molar-refractivity contribution < 1.29 is 19.6 Å². The summed E-state index contributed by atoms with van der Waals surface area (Å²) in [7, 11) is 0. The summed E-state index contributed by atoms with van der Waals surface area (Å²) in [5, 5.41) is 14.4. The number of nitrogens with one attached hydrogen (secondary N) is 3. The average Bonchev–Trinajstić information content (AvgIpc) is 2.72. The van der Waals surface area contributed by atoms with E-state index in [4.69, 9.17) is 17.2 Å². The standard InChI is InChI=1S/C20H25N7O4/c21-13-5-2-7-15(11-13)26-20(30)25-14-6-1-4-12(10-14)17(28)18(29)16(27-31)8-3-9-24-19(22)23/h1-2,4-7,10-11,16,27,31H,3,8-9,21H2,(H4,22,23,24)(H2,25,26,30)/t16-/m0/s1. The van der Waals surface area contributed by atoms with Crippen LogP contribution in [0.4, 0.5) is 21.9 Å². The smallest absolute Gasteiger partial charge is 0.323 e. The lowest BCUT2D eigenvalue weighted by Gasteiger charge is -2.13. The Hall–Kier alpha value is -3.96. The predicted molar refractivity (Wildman–Crippen MR) is 118 cm³/mol. The second-order valence-corrected chi connectivity index (χ2v) is 6.61. The van der Waals surface area contributed by atoms with Gasteiger partial charge in [0.05, 0.1) is 6.04 Å². The lowest BCUT2D eigenvalue weighted by atomic mass is 9.99. The molecule has 2 amide bonds. The fraction of sp³-hybridized carbons (Fsp3) is 0.200. The Morgan fingerprint density at radius 2 is 1.65 bits per heavy atom. The van der Waals surface area contributed by atoms with Gasteiger partial charge in [-0.1, -0.05) is 18.2 Å². The lowest BCUT2D eigenvalue weighted by Crippen LogP contribution is -2.39. The number of hydrogen-bond acceptors (Lipinski definition) is 7. The molecule has 0 radical (unpaired) electrons. The minimum atomic E-state index is -1.11. The Morgan fingerprint density at radius 3 is 2.26 bits per heavy atom. The Morgan fingerprint density at radius 1 is 1.00 bits per heavy atom. The van der Waals surface area contributed by atoms with Crippen LogP contribution in [0.5, 0.6) is 0 Å². The lowest BCUT2D eigenvalue weighted by molar-refractivity contribution is -0.119. The van der Waals surface area contributed by atoms with Crippen LogP contribution in [-0.2, 0) is 4.79 Å². The third kappa shape index (κ3) is 7.42. The van der Waals surface area contributed by atoms with Crippen LogP contribution in [0.3, 0.4) is 0 Å². The zero-order valence-electron chi connectivity index (χ0n) is 16.7. The second kappa shape index (κ2) is 11.3. The van der Waals surface area contributed by atoms with Crippen molar-refractivity contribution in [3.05, 3.63) is 54.1 Å². The van der Waals surface area contributed by atoms with E-state index in [2.05, 4.69) is 15.6 Å². The molecule has 0 aliphatic carbocycles. The predicted octanol–water partition coefficient (Wildman–Crippen LogP) is 1.07. The number of aliphatic imine (C=N–C) groups is 1. The molecule has 11 heteroatoms. The summed E-state index contributed by atoms with van der Waals surface area (Å²) in [5.41, 5.74) is 19.3. The van der Waals surface area contributed by atoms with Crippen LogP contribution in [0.25, 0.3) is 0 Å². The molecular formula is C20H25N7O4. The molecule has 0 aliphatic heterocycles. The number of guanidine groups is 1. The summed E-state index contributed by atoms with van der Waals surface area (Å²) in [4.78, 5) is 40.9. The van der Waals surface area contributed by atoms with Gasteiger partial charge in [0.2, 0.25) is 11.6 Å². The highest BCUT2D eigenvalue weighted by molar-refractivity contribution is 6.45. The van der Waals surface area contributed by atoms with Crippen LogP contribution < -0.4 is 33.3 Å². The Bertz CT molecular complexity index is 974. The molecule has 31 heavy (non-hydrogen) atoms. The molecule has 0 spiro atoms. The highest BCUT2D eigenvalue weighted by Crippen LogP contribution is 2.15. The van der Waals surface area contributed by atoms with Gasteiger partial charge in [0.1, 0.15) is 0 Å². The van der Waals surface area contributed by atoms with E-state index in [9.17, 15) is 19.6 Å². The van der Waals surface area contributed by atoms with E-state index in [-0.39, 0.29) is 24.5 Å². The van der Waals surface area contributed by atoms with E-state index in [1.54, 1.807) is 30.3 Å². The monoisotopic (exact) mass is 427 g/mol. The van der Waals surface area contributed by atoms with Gasteiger partial charge in [-0.25, -0.2) is 4.79 Å². The molecule has 2 aromatic rings. The van der Waals surface area contributed by atoms with Crippen molar-refractivity contribution in [1.29, 1.82) is 0 Å². The minimum Gasteiger partial charge on any atom is -0.399 e. The molecule has 10 N–H and O–H groups in total. The molecular weight excluding hydrogens is 402 g/mol. The van der Waals surface area contributed by atoms with E-state index in [1.807, 2.05) is 5.48 Å². The number of hydroxylamine groups is 1. The second-order valence-electron chi connectivity index (χ2n) is 6.61. The third-order valence-electron chi connectivity index (χ3n) is 4.17. The summed E-state index contributed by atoms with van der Waals surface area (Å²) in [5.74, 6) is -1.72. The molecule has 0 bridgehead atoms. The maximum Gasteiger partial charge on any atom is 0.323 e. The summed E-state index contributed by atoms with van der Waals surface area (Å²) < 4.78 is 0. The van der Waals surface area contributed by atoms with E-state index in [0.29, 0.717) is 23.5 Å². The van der Waals surface area contributed by atoms with Crippen molar-refractivity contribution >= 4 is 40.6 Å². The number of rotatable bonds is 10. The number of benzene rings is 2. The van der Waals surface area contributed by atoms with Gasteiger partial charge in [-0.2, -0.15) is 5.48 Å². The number of amides is 2. The van der Waals surface area contributed by atoms with Crippen molar-refractivity contribution in [2.45, 2.75) is 18.9 Å². The van der Waals surface area contributed by atoms with E-state index in [0.717, 1.165) is 0 Å². The summed E-state index contributed by atoms with van der Waals surface area (Å²) in [6.45, 7) is 0.254. The summed E-state index contributed by atoms with van der Waals surface area (Å²) in [6, 6.07) is 10.9. The minimum absolute atomic E-state index is 0.0660. The highest BCUT2D eigenvalue weighted by Gasteiger charge is 2.25. The molecule has 164 valence electrons. The quantitative estimate of drug-likeness (QED) is 0.0555. The molecule has 0 fully saturated rings. The first kappa shape index (κ1) is 23.3. The molecule has 1 atom stereocenters. The van der Waals surface area contributed by atoms with Gasteiger partial charge in [0.25, 0.3) is 0 Å². The van der Waals surface area contributed by atoms with Gasteiger partial charge in [0, 0.05) is 29.2 Å². The molecule has 0 aliphatic rings. The van der Waals surface area contributed by atoms with Gasteiger partial charge >= 0.3 is 6.03 Å². The van der Waals surface area contributed by atoms with Crippen LogP contribution >= 0.6 is 0 Å². The van der Waals surface area contributed by atoms with Crippen molar-refractivity contribution in [1.82, 2.24) is 5.48 Å². The first-order valence-electron chi connectivity index (χ1n) is 9.37. The molecule has 2 rings (SSSR count). The topological polar surface area (TPSA) is 198 Å². The maximum atomic E-state index is 12.5. The Balaban J connectivity index is 2.00. The van der Waals surface area contributed by atoms with Crippen molar-refractivity contribution in [2.24, 2.45) is 16.5 Å². The third-order valence-corrected chi connectivity index (χ3v) is 4.17. The molecule has 0 unspecified atom stereocenters. The van der Waals surface area contributed by atoms with Gasteiger partial charge in [0.15, 0.2) is 5.96 Å². The van der Waals surface area contributed by atoms with Crippen LogP contribution in [0.15, 0.2) is 53.5 Å². The van der Waals surface area contributed by atoms with Gasteiger partial charge in [-0.15, -0.1) is 0 Å². The molecule has 0 aromatic heterocycles. The maximum absolute atomic E-state index is 12.5. The van der Waals surface area contributed by atoms with E-state index < -0.39 is 23.6 Å². The Kier molecular flexibility index (Phi) is 8.49. The fourth-order valence-electron chi connectivity index (χ4n) is 2.71. The van der Waals surface area contributed by atoms with Gasteiger partial charge in [-0.3, -0.25) is 14.6 Å². The molecule has 0 saturated carbocycles. The number of nitrogens with zero attached hydrogens (tertiary/aromatic N) is 1. The first-order valence-corrected chi connectivity index (χ1v) is 9.37. The number of urea groups is 1. The molecule has 0 heterocycles. The van der Waals surface area contributed by atoms with Crippen LogP contribution in [0.2, 0.25) is 0 Å². The SMILES string of the molecule is NC(N)=NCCC[C@H](NO)C(=O)C(=O)c1cccc(NC(=O)Nc2cccc(N)c2)c1. The summed E-state index contributed by atoms with van der Waals surface area (Å²) in [6.07, 6.45) is 0.527. The van der Waals surface area contributed by atoms with Crippen molar-refractivity contribution in [3.8, 4) is 0 Å². The normalized spacial score (nSPS) is 11.3. The van der Waals surface area contributed by atoms with Crippen molar-refractivity contribution in [3.63, 3.8) is 0 Å². The largest absolute Gasteiger partial charge is 0.399 e. The van der Waals surface area contributed by atoms with Crippen LogP contribution in [0, 0.1) is 0 Å². The van der Waals surface area contributed by atoms with E-state index >= 15 is 0 Å². The zero-order chi connectivity index (χ0) is 22.8. The number of nitrogens with two attached hydrogens (primary N) is 3. The number of hydrogen-bond donors (Lipinski definition) is 7. The molecule has 11 nitrogen and oxygen atoms in total. The zero-order valence-corrected chi connectivity index (χ0v) is 16.7. The van der Waals surface area contributed by atoms with E-state index in [1.165, 1.54) is 18.2 Å². The van der Waals surface area contributed by atoms with Crippen molar-refractivity contribution in [2.75, 3.05) is 22.9 Å².